The van der Waals surface area contributed by atoms with Crippen LogP contribution >= 0.6 is 0 Å². The highest BCUT2D eigenvalue weighted by Gasteiger charge is 2.21. The molecule has 0 saturated heterocycles. The van der Waals surface area contributed by atoms with Crippen LogP contribution in [0.1, 0.15) is 25.7 Å². The number of hydrogen-bond donors (Lipinski definition) is 2. The van der Waals surface area contributed by atoms with Gasteiger partial charge in [0, 0.05) is 6.42 Å². The highest BCUT2D eigenvalue weighted by molar-refractivity contribution is 7.89. The van der Waals surface area contributed by atoms with Crippen LogP contribution in [0.5, 0.6) is 5.75 Å². The number of unbranched alkanes of at least 4 members (excludes halogenated alkanes) is 2. The van der Waals surface area contributed by atoms with Gasteiger partial charge in [0.25, 0.3) is 0 Å². The molecule has 0 fully saturated rings. The van der Waals surface area contributed by atoms with Gasteiger partial charge in [-0.1, -0.05) is 0 Å². The van der Waals surface area contributed by atoms with Gasteiger partial charge in [-0.2, -0.15) is 4.39 Å². The molecule has 0 radical (unpaired) electrons. The lowest BCUT2D eigenvalue weighted by Gasteiger charge is -2.09. The maximum Gasteiger partial charge on any atom is 0.303 e. The molecule has 1 aromatic carbocycles. The standard InChI is InChI=1S/C12H15F2NO5S/c13-11-8(20-7-3-1-2-4-10(16)17)5-6-9(12(11)14)21(15,18)19/h5-6H,1-4,7H2,(H,16,17)(H2,15,18,19). The fraction of sp³-hybridized carbons (Fsp3) is 0.417. The van der Waals surface area contributed by atoms with E-state index >= 15 is 0 Å². The Labute approximate surface area is 120 Å². The Morgan fingerprint density at radius 2 is 1.86 bits per heavy atom. The molecule has 3 N–H and O–H groups in total. The highest BCUT2D eigenvalue weighted by Crippen LogP contribution is 2.25. The number of halogens is 2. The minimum atomic E-state index is -4.34. The summed E-state index contributed by atoms with van der Waals surface area (Å²) in [6.07, 6.45) is 1.52. The van der Waals surface area contributed by atoms with Crippen LogP contribution in [0.25, 0.3) is 0 Å². The Bertz CT molecular complexity index is 618. The van der Waals surface area contributed by atoms with Gasteiger partial charge >= 0.3 is 5.97 Å². The second-order valence-electron chi connectivity index (χ2n) is 4.29. The summed E-state index contributed by atoms with van der Waals surface area (Å²) in [5.41, 5.74) is 0. The molecule has 0 spiro atoms. The van der Waals surface area contributed by atoms with Crippen molar-refractivity contribution in [1.82, 2.24) is 0 Å². The fourth-order valence-corrected chi connectivity index (χ4v) is 2.18. The van der Waals surface area contributed by atoms with Gasteiger partial charge in [0.15, 0.2) is 11.6 Å². The number of carboxylic acid groups (broad SMARTS) is 1. The number of primary sulfonamides is 1. The van der Waals surface area contributed by atoms with E-state index in [9.17, 15) is 22.0 Å². The van der Waals surface area contributed by atoms with Crippen molar-refractivity contribution in [3.05, 3.63) is 23.8 Å². The predicted molar refractivity (Wildman–Crippen MR) is 69.3 cm³/mol. The number of ether oxygens (including phenoxy) is 1. The van der Waals surface area contributed by atoms with Crippen LogP contribution in [0.15, 0.2) is 17.0 Å². The summed E-state index contributed by atoms with van der Waals surface area (Å²) in [5, 5.41) is 13.2. The van der Waals surface area contributed by atoms with Crippen LogP contribution in [0, 0.1) is 11.6 Å². The molecule has 1 rings (SSSR count). The Hall–Kier alpha value is -1.74. The Morgan fingerprint density at radius 3 is 2.43 bits per heavy atom. The first-order valence-corrected chi connectivity index (χ1v) is 7.63. The van der Waals surface area contributed by atoms with Crippen LogP contribution < -0.4 is 9.88 Å². The molecule has 0 aromatic heterocycles. The van der Waals surface area contributed by atoms with Crippen LogP contribution in [0.2, 0.25) is 0 Å². The van der Waals surface area contributed by atoms with E-state index in [4.69, 9.17) is 15.0 Å². The third kappa shape index (κ3) is 5.27. The summed E-state index contributed by atoms with van der Waals surface area (Å²) in [7, 11) is -4.34. The van der Waals surface area contributed by atoms with E-state index in [0.29, 0.717) is 19.3 Å². The largest absolute Gasteiger partial charge is 0.490 e. The third-order valence-electron chi connectivity index (χ3n) is 2.61. The quantitative estimate of drug-likeness (QED) is 0.707. The topological polar surface area (TPSA) is 107 Å². The van der Waals surface area contributed by atoms with Gasteiger partial charge in [-0.15, -0.1) is 0 Å². The van der Waals surface area contributed by atoms with Gasteiger partial charge in [0.1, 0.15) is 4.90 Å². The summed E-state index contributed by atoms with van der Waals surface area (Å²) >= 11 is 0. The Morgan fingerprint density at radius 1 is 1.19 bits per heavy atom. The molecule has 0 aliphatic rings. The molecular weight excluding hydrogens is 308 g/mol. The van der Waals surface area contributed by atoms with Crippen molar-refractivity contribution in [1.29, 1.82) is 0 Å². The molecule has 21 heavy (non-hydrogen) atoms. The fourth-order valence-electron chi connectivity index (χ4n) is 1.58. The lowest BCUT2D eigenvalue weighted by molar-refractivity contribution is -0.137. The van der Waals surface area contributed by atoms with Crippen LogP contribution in [-0.2, 0) is 14.8 Å². The van der Waals surface area contributed by atoms with Crippen molar-refractivity contribution >= 4 is 16.0 Å². The van der Waals surface area contributed by atoms with Crippen molar-refractivity contribution in [2.45, 2.75) is 30.6 Å². The number of nitrogens with two attached hydrogens (primary N) is 1. The van der Waals surface area contributed by atoms with E-state index in [0.717, 1.165) is 12.1 Å². The molecule has 0 aliphatic carbocycles. The van der Waals surface area contributed by atoms with Crippen LogP contribution in [-0.4, -0.2) is 26.1 Å². The van der Waals surface area contributed by atoms with Gasteiger partial charge in [0.2, 0.25) is 15.8 Å². The normalized spacial score (nSPS) is 11.4. The van der Waals surface area contributed by atoms with Gasteiger partial charge < -0.3 is 9.84 Å². The zero-order valence-electron chi connectivity index (χ0n) is 11.0. The SMILES string of the molecule is NS(=O)(=O)c1ccc(OCCCCCC(=O)O)c(F)c1F. The van der Waals surface area contributed by atoms with E-state index in [1.807, 2.05) is 0 Å². The number of carbonyl (C=O) groups is 1. The van der Waals surface area contributed by atoms with Crippen LogP contribution in [0.4, 0.5) is 8.78 Å². The minimum absolute atomic E-state index is 0.0338. The summed E-state index contributed by atoms with van der Waals surface area (Å²) in [5.74, 6) is -4.33. The second-order valence-corrected chi connectivity index (χ2v) is 5.82. The smallest absolute Gasteiger partial charge is 0.303 e. The molecule has 6 nitrogen and oxygen atoms in total. The molecule has 118 valence electrons. The van der Waals surface area contributed by atoms with Crippen molar-refractivity contribution in [3.8, 4) is 5.75 Å². The molecule has 9 heteroatoms. The Kier molecular flexibility index (Phi) is 6.03. The molecule has 0 aliphatic heterocycles. The second kappa shape index (κ2) is 7.32. The lowest BCUT2D eigenvalue weighted by Crippen LogP contribution is -2.15. The number of aliphatic carboxylic acids is 1. The monoisotopic (exact) mass is 323 g/mol. The maximum absolute atomic E-state index is 13.6. The van der Waals surface area contributed by atoms with Gasteiger partial charge in [-0.25, -0.2) is 17.9 Å². The van der Waals surface area contributed by atoms with Gasteiger partial charge in [-0.3, -0.25) is 4.79 Å². The number of benzene rings is 1. The van der Waals surface area contributed by atoms with Crippen molar-refractivity contribution in [2.24, 2.45) is 5.14 Å². The predicted octanol–water partition coefficient (Wildman–Crippen LogP) is 1.64. The molecule has 0 atom stereocenters. The molecule has 0 bridgehead atoms. The summed E-state index contributed by atoms with van der Waals surface area (Å²) in [4.78, 5) is 9.33. The average Bonchev–Trinajstić information content (AvgIpc) is 2.36. The van der Waals surface area contributed by atoms with E-state index in [1.165, 1.54) is 0 Å². The first-order valence-electron chi connectivity index (χ1n) is 6.09. The molecular formula is C12H15F2NO5S. The summed E-state index contributed by atoms with van der Waals surface area (Å²) in [6, 6.07) is 1.81. The van der Waals surface area contributed by atoms with E-state index in [-0.39, 0.29) is 13.0 Å². The van der Waals surface area contributed by atoms with Gasteiger partial charge in [0.05, 0.1) is 6.61 Å². The number of hydrogen-bond acceptors (Lipinski definition) is 4. The average molecular weight is 323 g/mol. The van der Waals surface area contributed by atoms with Crippen LogP contribution in [0.3, 0.4) is 0 Å². The van der Waals surface area contributed by atoms with E-state index < -0.39 is 38.3 Å². The lowest BCUT2D eigenvalue weighted by atomic mass is 10.2. The summed E-state index contributed by atoms with van der Waals surface area (Å²) < 4.78 is 54.0. The molecule has 0 heterocycles. The van der Waals surface area contributed by atoms with Crippen molar-refractivity contribution in [3.63, 3.8) is 0 Å². The minimum Gasteiger partial charge on any atom is -0.490 e. The first kappa shape index (κ1) is 17.3. The molecule has 0 saturated carbocycles. The Balaban J connectivity index is 2.58. The first-order chi connectivity index (χ1) is 9.73. The highest BCUT2D eigenvalue weighted by atomic mass is 32.2. The molecule has 0 unspecified atom stereocenters. The number of sulfonamides is 1. The van der Waals surface area contributed by atoms with Crippen molar-refractivity contribution in [2.75, 3.05) is 6.61 Å². The third-order valence-corrected chi connectivity index (χ3v) is 3.54. The van der Waals surface area contributed by atoms with Gasteiger partial charge in [-0.05, 0) is 31.4 Å². The number of carboxylic acids is 1. The zero-order valence-corrected chi connectivity index (χ0v) is 11.8. The summed E-state index contributed by atoms with van der Waals surface area (Å²) in [6.45, 7) is 0.0602. The zero-order chi connectivity index (χ0) is 16.0. The molecule has 0 amide bonds. The van der Waals surface area contributed by atoms with E-state index in [1.54, 1.807) is 0 Å². The maximum atomic E-state index is 13.6. The molecule has 1 aromatic rings. The van der Waals surface area contributed by atoms with Crippen molar-refractivity contribution < 1.29 is 31.8 Å². The van der Waals surface area contributed by atoms with E-state index in [2.05, 4.69) is 0 Å². The number of rotatable bonds is 8.